The highest BCUT2D eigenvalue weighted by atomic mass is 16.5. The average Bonchev–Trinajstić information content (AvgIpc) is 3.06. The maximum atomic E-state index is 11.8. The molecule has 5 nitrogen and oxygen atoms in total. The van der Waals surface area contributed by atoms with Gasteiger partial charge >= 0.3 is 5.97 Å². The Morgan fingerprint density at radius 3 is 2.58 bits per heavy atom. The number of hydrogen-bond donors (Lipinski definition) is 0. The lowest BCUT2D eigenvalue weighted by Gasteiger charge is -2.07. The molecule has 0 aliphatic rings. The van der Waals surface area contributed by atoms with E-state index in [1.54, 1.807) is 29.9 Å². The molecule has 2 aromatic heterocycles. The number of ether oxygens (including phenoxy) is 2. The number of carbonyl (C=O) groups excluding carboxylic acids is 1. The van der Waals surface area contributed by atoms with Gasteiger partial charge in [-0.05, 0) is 24.6 Å². The molecule has 126 valence electrons. The van der Waals surface area contributed by atoms with E-state index < -0.39 is 5.97 Å². The molecule has 0 fully saturated rings. The first-order valence-electron chi connectivity index (χ1n) is 8.08. The Labute approximate surface area is 141 Å². The van der Waals surface area contributed by atoms with Gasteiger partial charge in [0.25, 0.3) is 0 Å². The van der Waals surface area contributed by atoms with Gasteiger partial charge in [0, 0.05) is 0 Å². The monoisotopic (exact) mass is 326 g/mol. The Morgan fingerprint density at radius 1 is 1.12 bits per heavy atom. The van der Waals surface area contributed by atoms with Gasteiger partial charge in [0.05, 0.1) is 18.3 Å². The van der Waals surface area contributed by atoms with Crippen LogP contribution < -0.4 is 4.74 Å². The Morgan fingerprint density at radius 2 is 1.88 bits per heavy atom. The molecule has 0 aliphatic heterocycles. The van der Waals surface area contributed by atoms with E-state index in [0.29, 0.717) is 30.2 Å². The molecule has 0 aliphatic carbocycles. The fourth-order valence-electron chi connectivity index (χ4n) is 2.16. The molecule has 0 radical (unpaired) electrons. The minimum Gasteiger partial charge on any atom is -0.487 e. The number of benzene rings is 1. The molecule has 24 heavy (non-hydrogen) atoms. The van der Waals surface area contributed by atoms with Gasteiger partial charge in [0.1, 0.15) is 18.7 Å². The van der Waals surface area contributed by atoms with Gasteiger partial charge in [-0.15, -0.1) is 0 Å². The molecule has 0 saturated carbocycles. The molecule has 0 amide bonds. The number of esters is 1. The smallest absolute Gasteiger partial charge is 0.359 e. The first kappa shape index (κ1) is 17.5. The first-order valence-corrected chi connectivity index (χ1v) is 8.08. The Balaban J connectivity index is 0.00000100. The van der Waals surface area contributed by atoms with Crippen molar-refractivity contribution in [2.45, 2.75) is 27.4 Å². The van der Waals surface area contributed by atoms with Crippen LogP contribution in [-0.2, 0) is 11.3 Å². The van der Waals surface area contributed by atoms with E-state index in [0.717, 1.165) is 5.56 Å². The second-order valence-corrected chi connectivity index (χ2v) is 4.75. The lowest BCUT2D eigenvalue weighted by molar-refractivity contribution is 0.0522. The van der Waals surface area contributed by atoms with Crippen LogP contribution in [0.2, 0.25) is 0 Å². The van der Waals surface area contributed by atoms with Gasteiger partial charge < -0.3 is 13.9 Å². The van der Waals surface area contributed by atoms with Gasteiger partial charge in [-0.3, -0.25) is 0 Å². The zero-order valence-corrected chi connectivity index (χ0v) is 14.2. The van der Waals surface area contributed by atoms with Crippen LogP contribution in [-0.4, -0.2) is 22.0 Å². The van der Waals surface area contributed by atoms with E-state index in [1.165, 1.54) is 0 Å². The van der Waals surface area contributed by atoms with Gasteiger partial charge in [-0.2, -0.15) is 0 Å². The Hall–Kier alpha value is -2.82. The summed E-state index contributed by atoms with van der Waals surface area (Å²) < 4.78 is 12.5. The lowest BCUT2D eigenvalue weighted by Crippen LogP contribution is -2.05. The number of pyridine rings is 1. The lowest BCUT2D eigenvalue weighted by atomic mass is 10.2. The van der Waals surface area contributed by atoms with E-state index in [1.807, 2.05) is 50.2 Å². The highest BCUT2D eigenvalue weighted by Crippen LogP contribution is 2.18. The van der Waals surface area contributed by atoms with Crippen LogP contribution in [0.25, 0.3) is 5.52 Å². The number of rotatable bonds is 5. The summed E-state index contributed by atoms with van der Waals surface area (Å²) in [5, 5.41) is 0. The molecule has 0 unspecified atom stereocenters. The van der Waals surface area contributed by atoms with Gasteiger partial charge in [-0.1, -0.05) is 44.2 Å². The van der Waals surface area contributed by atoms with Crippen LogP contribution >= 0.6 is 0 Å². The number of aromatic nitrogens is 2. The van der Waals surface area contributed by atoms with Crippen molar-refractivity contribution in [3.63, 3.8) is 0 Å². The third-order valence-electron chi connectivity index (χ3n) is 3.22. The van der Waals surface area contributed by atoms with Crippen LogP contribution in [0.3, 0.4) is 0 Å². The third kappa shape index (κ3) is 4.13. The van der Waals surface area contributed by atoms with Gasteiger partial charge in [0.15, 0.2) is 5.69 Å². The molecule has 1 aromatic carbocycles. The first-order chi connectivity index (χ1) is 11.8. The molecule has 2 heterocycles. The summed E-state index contributed by atoms with van der Waals surface area (Å²) in [4.78, 5) is 15.9. The van der Waals surface area contributed by atoms with E-state index in [4.69, 9.17) is 9.47 Å². The fourth-order valence-corrected chi connectivity index (χ4v) is 2.16. The summed E-state index contributed by atoms with van der Waals surface area (Å²) >= 11 is 0. The summed E-state index contributed by atoms with van der Waals surface area (Å²) in [5.74, 6) is 0.298. The molecule has 0 N–H and O–H groups in total. The van der Waals surface area contributed by atoms with Crippen molar-refractivity contribution < 1.29 is 14.3 Å². The summed E-state index contributed by atoms with van der Waals surface area (Å²) in [5.41, 5.74) is 2.11. The maximum Gasteiger partial charge on any atom is 0.359 e. The van der Waals surface area contributed by atoms with Crippen LogP contribution in [0.1, 0.15) is 36.8 Å². The summed E-state index contributed by atoms with van der Waals surface area (Å²) in [6, 6.07) is 13.6. The normalized spacial score (nSPS) is 9.96. The minimum absolute atomic E-state index is 0.316. The van der Waals surface area contributed by atoms with Gasteiger partial charge in [0.2, 0.25) is 0 Å². The molecule has 0 bridgehead atoms. The van der Waals surface area contributed by atoms with Crippen LogP contribution in [0.15, 0.2) is 55.0 Å². The number of nitrogens with zero attached hydrogens (tertiary/aromatic N) is 2. The van der Waals surface area contributed by atoms with E-state index >= 15 is 0 Å². The summed E-state index contributed by atoms with van der Waals surface area (Å²) in [7, 11) is 0. The number of fused-ring (bicyclic) bond motifs is 1. The Bertz CT molecular complexity index is 782. The molecular formula is C19H22N2O3. The fraction of sp³-hybridized carbons (Fsp3) is 0.263. The third-order valence-corrected chi connectivity index (χ3v) is 3.22. The van der Waals surface area contributed by atoms with Crippen molar-refractivity contribution in [3.05, 3.63) is 66.2 Å². The highest BCUT2D eigenvalue weighted by molar-refractivity contribution is 5.94. The largest absolute Gasteiger partial charge is 0.487 e. The quantitative estimate of drug-likeness (QED) is 0.662. The predicted octanol–water partition coefficient (Wildman–Crippen LogP) is 4.12. The number of hydrogen-bond acceptors (Lipinski definition) is 4. The van der Waals surface area contributed by atoms with Crippen LogP contribution in [0.5, 0.6) is 5.75 Å². The molecular weight excluding hydrogens is 304 g/mol. The van der Waals surface area contributed by atoms with Crippen molar-refractivity contribution in [1.82, 2.24) is 9.38 Å². The average molecular weight is 326 g/mol. The molecule has 0 saturated heterocycles. The second-order valence-electron chi connectivity index (χ2n) is 4.75. The maximum absolute atomic E-state index is 11.8. The van der Waals surface area contributed by atoms with E-state index in [9.17, 15) is 4.79 Å². The highest BCUT2D eigenvalue weighted by Gasteiger charge is 2.14. The zero-order chi connectivity index (χ0) is 17.4. The van der Waals surface area contributed by atoms with Crippen LogP contribution in [0.4, 0.5) is 0 Å². The molecule has 5 heteroatoms. The van der Waals surface area contributed by atoms with Crippen molar-refractivity contribution in [1.29, 1.82) is 0 Å². The summed E-state index contributed by atoms with van der Waals surface area (Å²) in [6.45, 7) is 6.59. The number of imidazole rings is 1. The van der Waals surface area contributed by atoms with Crippen molar-refractivity contribution in [3.8, 4) is 5.75 Å². The molecule has 3 aromatic rings. The van der Waals surface area contributed by atoms with E-state index in [2.05, 4.69) is 4.98 Å². The second kappa shape index (κ2) is 8.72. The van der Waals surface area contributed by atoms with Crippen LogP contribution in [0, 0.1) is 0 Å². The zero-order valence-electron chi connectivity index (χ0n) is 14.2. The molecule has 3 rings (SSSR count). The standard InChI is InChI=1S/C17H16N2O3.C2H6/c1-2-21-17(20)16-15-9-8-14(10-19(15)12-18-16)22-11-13-6-4-3-5-7-13;1-2/h3-10,12H,2,11H2,1H3;1-2H3. The van der Waals surface area contributed by atoms with E-state index in [-0.39, 0.29) is 0 Å². The van der Waals surface area contributed by atoms with Crippen molar-refractivity contribution in [2.24, 2.45) is 0 Å². The number of carbonyl (C=O) groups is 1. The van der Waals surface area contributed by atoms with Crippen molar-refractivity contribution in [2.75, 3.05) is 6.61 Å². The molecule has 0 spiro atoms. The SMILES string of the molecule is CC.CCOC(=O)c1ncn2cc(OCc3ccccc3)ccc12. The summed E-state index contributed by atoms with van der Waals surface area (Å²) in [6.07, 6.45) is 3.38. The topological polar surface area (TPSA) is 52.8 Å². The van der Waals surface area contributed by atoms with Crippen molar-refractivity contribution >= 4 is 11.5 Å². The Kier molecular flexibility index (Phi) is 6.37. The van der Waals surface area contributed by atoms with Gasteiger partial charge in [-0.25, -0.2) is 9.78 Å². The predicted molar refractivity (Wildman–Crippen MR) is 93.3 cm³/mol. The minimum atomic E-state index is -0.414. The molecule has 0 atom stereocenters.